The number of carbonyl (C=O) groups excluding carboxylic acids is 2. The lowest BCUT2D eigenvalue weighted by molar-refractivity contribution is -0.141. The van der Waals surface area contributed by atoms with E-state index in [4.69, 9.17) is 16.7 Å². The van der Waals surface area contributed by atoms with Gasteiger partial charge in [0.25, 0.3) is 0 Å². The van der Waals surface area contributed by atoms with E-state index in [0.29, 0.717) is 23.1 Å². The maximum atomic E-state index is 13.0. The first-order valence-electron chi connectivity index (χ1n) is 10.8. The molecule has 1 heterocycles. The number of hydrogen-bond donors (Lipinski definition) is 1. The Morgan fingerprint density at radius 3 is 2.32 bits per heavy atom. The molecule has 1 aromatic heterocycles. The number of amides is 2. The molecule has 31 heavy (non-hydrogen) atoms. The lowest BCUT2D eigenvalue weighted by Gasteiger charge is -2.29. The zero-order valence-electron chi connectivity index (χ0n) is 19.8. The molecule has 7 heteroatoms. The number of benzene rings is 1. The summed E-state index contributed by atoms with van der Waals surface area (Å²) < 4.78 is 1.66. The van der Waals surface area contributed by atoms with Crippen LogP contribution >= 0.6 is 11.6 Å². The predicted octanol–water partition coefficient (Wildman–Crippen LogP) is 5.44. The van der Waals surface area contributed by atoms with Gasteiger partial charge >= 0.3 is 0 Å². The summed E-state index contributed by atoms with van der Waals surface area (Å²) in [6, 6.07) is 9.23. The first-order chi connectivity index (χ1) is 14.3. The van der Waals surface area contributed by atoms with E-state index in [1.807, 2.05) is 45.0 Å². The van der Waals surface area contributed by atoms with Crippen molar-refractivity contribution in [2.24, 2.45) is 5.41 Å². The maximum Gasteiger partial charge on any atom is 0.245 e. The Morgan fingerprint density at radius 2 is 1.77 bits per heavy atom. The summed E-state index contributed by atoms with van der Waals surface area (Å²) >= 11 is 6.40. The summed E-state index contributed by atoms with van der Waals surface area (Å²) in [5, 5.41) is 8.19. The van der Waals surface area contributed by atoms with Gasteiger partial charge in [0.05, 0.1) is 22.9 Å². The highest BCUT2D eigenvalue weighted by atomic mass is 35.5. The normalized spacial score (nSPS) is 12.0. The zero-order valence-corrected chi connectivity index (χ0v) is 20.5. The van der Waals surface area contributed by atoms with Crippen LogP contribution in [-0.4, -0.2) is 39.6 Å². The topological polar surface area (TPSA) is 67.2 Å². The monoisotopic (exact) mass is 446 g/mol. The first-order valence-corrected chi connectivity index (χ1v) is 11.2. The number of carbonyl (C=O) groups is 2. The summed E-state index contributed by atoms with van der Waals surface area (Å²) in [6.45, 7) is 14.4. The quantitative estimate of drug-likeness (QED) is 0.616. The van der Waals surface area contributed by atoms with Crippen LogP contribution in [0.4, 0.5) is 5.82 Å². The van der Waals surface area contributed by atoms with Gasteiger partial charge in [-0.15, -0.1) is 0 Å². The minimum atomic E-state index is -0.549. The molecule has 0 unspecified atom stereocenters. The van der Waals surface area contributed by atoms with Gasteiger partial charge in [0.15, 0.2) is 0 Å². The summed E-state index contributed by atoms with van der Waals surface area (Å²) in [6.07, 6.45) is 1.80. The summed E-state index contributed by atoms with van der Waals surface area (Å²) in [7, 11) is 0. The van der Waals surface area contributed by atoms with Crippen molar-refractivity contribution >= 4 is 29.2 Å². The average Bonchev–Trinajstić information content (AvgIpc) is 3.08. The smallest absolute Gasteiger partial charge is 0.245 e. The van der Waals surface area contributed by atoms with E-state index in [1.54, 1.807) is 15.6 Å². The molecule has 1 N–H and O–H groups in total. The largest absolute Gasteiger partial charge is 0.333 e. The fraction of sp³-hybridized carbons (Fsp3) is 0.542. The third-order valence-electron chi connectivity index (χ3n) is 4.87. The van der Waals surface area contributed by atoms with Gasteiger partial charge in [-0.2, -0.15) is 5.10 Å². The molecule has 0 radical (unpaired) electrons. The zero-order chi connectivity index (χ0) is 23.4. The van der Waals surface area contributed by atoms with Crippen LogP contribution in [0.5, 0.6) is 0 Å². The molecule has 0 spiro atoms. The fourth-order valence-corrected chi connectivity index (χ4v) is 3.29. The Hall–Kier alpha value is -2.34. The second-order valence-electron chi connectivity index (χ2n) is 9.91. The fourth-order valence-electron chi connectivity index (χ4n) is 3.08. The molecule has 170 valence electrons. The third-order valence-corrected chi connectivity index (χ3v) is 5.19. The van der Waals surface area contributed by atoms with Gasteiger partial charge < -0.3 is 10.2 Å². The number of hydrogen-bond acceptors (Lipinski definition) is 3. The third kappa shape index (κ3) is 6.57. The minimum absolute atomic E-state index is 0.00530. The summed E-state index contributed by atoms with van der Waals surface area (Å²) in [4.78, 5) is 27.4. The van der Waals surface area contributed by atoms with Gasteiger partial charge in [-0.1, -0.05) is 78.6 Å². The lowest BCUT2D eigenvalue weighted by atomic mass is 9.92. The van der Waals surface area contributed by atoms with Crippen molar-refractivity contribution in [1.82, 2.24) is 14.7 Å². The molecule has 0 atom stereocenters. The van der Waals surface area contributed by atoms with E-state index in [-0.39, 0.29) is 23.8 Å². The van der Waals surface area contributed by atoms with E-state index >= 15 is 0 Å². The van der Waals surface area contributed by atoms with Crippen LogP contribution < -0.4 is 5.32 Å². The van der Waals surface area contributed by atoms with Crippen LogP contribution in [0.3, 0.4) is 0 Å². The molecular weight excluding hydrogens is 412 g/mol. The number of rotatable bonds is 7. The molecule has 0 aliphatic heterocycles. The molecule has 0 saturated heterocycles. The maximum absolute atomic E-state index is 13.0. The Labute approximate surface area is 191 Å². The van der Waals surface area contributed by atoms with Crippen LogP contribution in [-0.2, 0) is 15.0 Å². The summed E-state index contributed by atoms with van der Waals surface area (Å²) in [5.74, 6) is 0.232. The molecule has 2 rings (SSSR count). The van der Waals surface area contributed by atoms with Gasteiger partial charge in [0.2, 0.25) is 11.8 Å². The van der Waals surface area contributed by atoms with E-state index in [2.05, 4.69) is 33.0 Å². The van der Waals surface area contributed by atoms with Crippen molar-refractivity contribution < 1.29 is 9.59 Å². The Morgan fingerprint density at radius 1 is 1.13 bits per heavy atom. The average molecular weight is 447 g/mol. The van der Waals surface area contributed by atoms with Crippen molar-refractivity contribution in [1.29, 1.82) is 0 Å². The molecule has 0 bridgehead atoms. The first kappa shape index (κ1) is 24.9. The van der Waals surface area contributed by atoms with Crippen LogP contribution in [0.15, 0.2) is 30.3 Å². The van der Waals surface area contributed by atoms with Crippen LogP contribution in [0, 0.1) is 5.41 Å². The van der Waals surface area contributed by atoms with Crippen LogP contribution in [0.25, 0.3) is 5.69 Å². The molecule has 6 nitrogen and oxygen atoms in total. The molecule has 0 saturated carbocycles. The van der Waals surface area contributed by atoms with E-state index in [0.717, 1.165) is 18.5 Å². The van der Waals surface area contributed by atoms with Gasteiger partial charge in [0.1, 0.15) is 5.82 Å². The van der Waals surface area contributed by atoms with E-state index < -0.39 is 5.41 Å². The highest BCUT2D eigenvalue weighted by Gasteiger charge is 2.29. The molecule has 2 aromatic rings. The molecule has 1 aromatic carbocycles. The predicted molar refractivity (Wildman–Crippen MR) is 127 cm³/mol. The SMILES string of the molecule is CCCCN(CC(=O)Nc1cc(C(C)(C)C)nn1-c1ccccc1Cl)C(=O)C(C)(C)C. The van der Waals surface area contributed by atoms with E-state index in [9.17, 15) is 9.59 Å². The standard InChI is InChI=1S/C24H35ClN4O2/c1-8-9-14-28(22(31)24(5,6)7)16-21(30)26-20-15-19(23(2,3)4)27-29(20)18-13-11-10-12-17(18)25/h10-13,15H,8-9,14,16H2,1-7H3,(H,26,30). The number of halogens is 1. The molecule has 0 aliphatic carbocycles. The van der Waals surface area contributed by atoms with Crippen molar-refractivity contribution in [3.05, 3.63) is 41.0 Å². The molecule has 0 fully saturated rings. The highest BCUT2D eigenvalue weighted by Crippen LogP contribution is 2.29. The van der Waals surface area contributed by atoms with Gasteiger partial charge in [-0.25, -0.2) is 4.68 Å². The Balaban J connectivity index is 2.33. The lowest BCUT2D eigenvalue weighted by Crippen LogP contribution is -2.44. The van der Waals surface area contributed by atoms with Crippen LogP contribution in [0.1, 0.15) is 67.0 Å². The van der Waals surface area contributed by atoms with Gasteiger partial charge in [0, 0.05) is 23.4 Å². The second-order valence-corrected chi connectivity index (χ2v) is 10.3. The number of nitrogens with zero attached hydrogens (tertiary/aromatic N) is 3. The number of anilines is 1. The molecule has 2 amide bonds. The number of aromatic nitrogens is 2. The highest BCUT2D eigenvalue weighted by molar-refractivity contribution is 6.32. The number of para-hydroxylation sites is 1. The second kappa shape index (κ2) is 9.86. The van der Waals surface area contributed by atoms with Gasteiger partial charge in [-0.05, 0) is 18.6 Å². The van der Waals surface area contributed by atoms with Crippen LogP contribution in [0.2, 0.25) is 5.02 Å². The number of nitrogens with one attached hydrogen (secondary N) is 1. The summed E-state index contributed by atoms with van der Waals surface area (Å²) in [5.41, 5.74) is 0.758. The van der Waals surface area contributed by atoms with Crippen molar-refractivity contribution in [2.45, 2.75) is 66.7 Å². The van der Waals surface area contributed by atoms with Crippen molar-refractivity contribution in [3.63, 3.8) is 0 Å². The molecule has 0 aliphatic rings. The van der Waals surface area contributed by atoms with Gasteiger partial charge in [-0.3, -0.25) is 9.59 Å². The molecular formula is C24H35ClN4O2. The van der Waals surface area contributed by atoms with Crippen molar-refractivity contribution in [3.8, 4) is 5.69 Å². The minimum Gasteiger partial charge on any atom is -0.333 e. The Bertz CT molecular complexity index is 922. The van der Waals surface area contributed by atoms with Crippen molar-refractivity contribution in [2.75, 3.05) is 18.4 Å². The number of unbranched alkanes of at least 4 members (excludes halogenated alkanes) is 1. The Kier molecular flexibility index (Phi) is 7.93. The van der Waals surface area contributed by atoms with E-state index in [1.165, 1.54) is 0 Å².